The summed E-state index contributed by atoms with van der Waals surface area (Å²) in [5.74, 6) is 0. The van der Waals surface area contributed by atoms with Gasteiger partial charge in [0, 0.05) is 11.1 Å². The third kappa shape index (κ3) is 2.71. The number of aromatic nitrogens is 3. The zero-order valence-electron chi connectivity index (χ0n) is 9.34. The van der Waals surface area contributed by atoms with Gasteiger partial charge in [0.25, 0.3) is 10.0 Å². The third-order valence-corrected chi connectivity index (χ3v) is 4.72. The smallest absolute Gasteiger partial charge is 0.258 e. The fourth-order valence-electron chi connectivity index (χ4n) is 1.31. The Bertz CT molecular complexity index is 588. The molecule has 0 saturated carbocycles. The molecule has 0 radical (unpaired) electrons. The van der Waals surface area contributed by atoms with Crippen molar-refractivity contribution in [3.8, 4) is 0 Å². The summed E-state index contributed by atoms with van der Waals surface area (Å²) in [5, 5.41) is 8.72. The lowest BCUT2D eigenvalue weighted by atomic mass is 10.4. The van der Waals surface area contributed by atoms with Gasteiger partial charge in [-0.3, -0.25) is 5.10 Å². The van der Waals surface area contributed by atoms with Crippen LogP contribution in [0.3, 0.4) is 0 Å². The van der Waals surface area contributed by atoms with E-state index in [9.17, 15) is 8.42 Å². The van der Waals surface area contributed by atoms with Gasteiger partial charge < -0.3 is 0 Å². The summed E-state index contributed by atoms with van der Waals surface area (Å²) in [6.07, 6.45) is 1.40. The van der Waals surface area contributed by atoms with E-state index in [1.807, 2.05) is 12.3 Å². The Hall–Kier alpha value is -1.25. The Balaban J connectivity index is 2.17. The predicted molar refractivity (Wildman–Crippen MR) is 64.2 cm³/mol. The van der Waals surface area contributed by atoms with Crippen molar-refractivity contribution in [3.63, 3.8) is 0 Å². The maximum Gasteiger partial charge on any atom is 0.258 e. The van der Waals surface area contributed by atoms with Crippen LogP contribution < -0.4 is 4.72 Å². The molecule has 0 aliphatic heterocycles. The predicted octanol–water partition coefficient (Wildman–Crippen LogP) is 1.21. The third-order valence-electron chi connectivity index (χ3n) is 2.10. The summed E-state index contributed by atoms with van der Waals surface area (Å²) in [4.78, 5) is 4.24. The Morgan fingerprint density at radius 3 is 2.82 bits per heavy atom. The minimum absolute atomic E-state index is 0.0534. The van der Waals surface area contributed by atoms with Crippen LogP contribution in [0.15, 0.2) is 22.7 Å². The Labute approximate surface area is 103 Å². The van der Waals surface area contributed by atoms with Gasteiger partial charge in [0.1, 0.15) is 5.01 Å². The topological polar surface area (TPSA) is 87.7 Å². The van der Waals surface area contributed by atoms with E-state index >= 15 is 0 Å². The van der Waals surface area contributed by atoms with Gasteiger partial charge in [0.15, 0.2) is 5.03 Å². The molecule has 0 aliphatic rings. The SMILES string of the molecule is Cc1csc(C(C)NS(=O)(=O)c2ccn[nH]2)n1. The number of nitrogens with zero attached hydrogens (tertiary/aromatic N) is 2. The minimum atomic E-state index is -3.56. The molecule has 1 atom stereocenters. The van der Waals surface area contributed by atoms with E-state index in [0.717, 1.165) is 10.7 Å². The maximum atomic E-state index is 11.9. The fraction of sp³-hybridized carbons (Fsp3) is 0.333. The molecule has 8 heteroatoms. The maximum absolute atomic E-state index is 11.9. The number of hydrogen-bond acceptors (Lipinski definition) is 5. The number of rotatable bonds is 4. The Morgan fingerprint density at radius 1 is 1.53 bits per heavy atom. The van der Waals surface area contributed by atoms with Crippen LogP contribution >= 0.6 is 11.3 Å². The Kier molecular flexibility index (Phi) is 3.27. The van der Waals surface area contributed by atoms with Crippen molar-refractivity contribution in [2.75, 3.05) is 0 Å². The molecular weight excluding hydrogens is 260 g/mol. The van der Waals surface area contributed by atoms with Crippen LogP contribution in [0, 0.1) is 6.92 Å². The van der Waals surface area contributed by atoms with Crippen molar-refractivity contribution < 1.29 is 8.42 Å². The number of H-pyrrole nitrogens is 1. The summed E-state index contributed by atoms with van der Waals surface area (Å²) in [6.45, 7) is 3.63. The quantitative estimate of drug-likeness (QED) is 0.875. The van der Waals surface area contributed by atoms with Crippen molar-refractivity contribution in [2.24, 2.45) is 0 Å². The number of nitrogens with one attached hydrogen (secondary N) is 2. The largest absolute Gasteiger partial charge is 0.266 e. The second-order valence-electron chi connectivity index (χ2n) is 3.59. The van der Waals surface area contributed by atoms with Gasteiger partial charge in [-0.25, -0.2) is 18.1 Å². The molecule has 17 heavy (non-hydrogen) atoms. The van der Waals surface area contributed by atoms with E-state index in [-0.39, 0.29) is 11.1 Å². The molecule has 0 aromatic carbocycles. The summed E-state index contributed by atoms with van der Waals surface area (Å²) < 4.78 is 26.3. The van der Waals surface area contributed by atoms with Crippen molar-refractivity contribution in [2.45, 2.75) is 24.9 Å². The summed E-state index contributed by atoms with van der Waals surface area (Å²) in [7, 11) is -3.56. The molecular formula is C9H12N4O2S2. The second-order valence-corrected chi connectivity index (χ2v) is 6.16. The first-order valence-corrected chi connectivity index (χ1v) is 7.29. The summed E-state index contributed by atoms with van der Waals surface area (Å²) >= 11 is 1.43. The normalized spacial score (nSPS) is 13.8. The van der Waals surface area contributed by atoms with E-state index in [2.05, 4.69) is 19.9 Å². The number of hydrogen-bond donors (Lipinski definition) is 2. The summed E-state index contributed by atoms with van der Waals surface area (Å²) in [5.41, 5.74) is 0.887. The first kappa shape index (κ1) is 12.2. The van der Waals surface area contributed by atoms with E-state index in [1.165, 1.54) is 23.6 Å². The molecule has 6 nitrogen and oxygen atoms in total. The van der Waals surface area contributed by atoms with E-state index in [4.69, 9.17) is 0 Å². The lowest BCUT2D eigenvalue weighted by Crippen LogP contribution is -2.27. The lowest BCUT2D eigenvalue weighted by Gasteiger charge is -2.10. The van der Waals surface area contributed by atoms with Crippen LogP contribution in [-0.4, -0.2) is 23.6 Å². The van der Waals surface area contributed by atoms with Gasteiger partial charge in [-0.2, -0.15) is 5.10 Å². The molecule has 2 rings (SSSR count). The monoisotopic (exact) mass is 272 g/mol. The molecule has 2 N–H and O–H groups in total. The van der Waals surface area contributed by atoms with Gasteiger partial charge in [0.05, 0.1) is 12.2 Å². The molecule has 0 aliphatic carbocycles. The van der Waals surface area contributed by atoms with Crippen LogP contribution in [0.1, 0.15) is 23.7 Å². The van der Waals surface area contributed by atoms with Gasteiger partial charge in [0.2, 0.25) is 0 Å². The molecule has 2 aromatic rings. The molecule has 2 heterocycles. The van der Waals surface area contributed by atoms with Crippen molar-refractivity contribution in [3.05, 3.63) is 28.3 Å². The van der Waals surface area contributed by atoms with Gasteiger partial charge in [-0.15, -0.1) is 11.3 Å². The molecule has 0 amide bonds. The molecule has 0 fully saturated rings. The molecule has 0 saturated heterocycles. The average Bonchev–Trinajstić information content (AvgIpc) is 2.86. The molecule has 1 unspecified atom stereocenters. The highest BCUT2D eigenvalue weighted by molar-refractivity contribution is 7.89. The van der Waals surface area contributed by atoms with Crippen LogP contribution in [-0.2, 0) is 10.0 Å². The fourth-order valence-corrected chi connectivity index (χ4v) is 3.31. The van der Waals surface area contributed by atoms with Crippen LogP contribution in [0.4, 0.5) is 0 Å². The highest BCUT2D eigenvalue weighted by Crippen LogP contribution is 2.19. The molecule has 92 valence electrons. The van der Waals surface area contributed by atoms with Crippen LogP contribution in [0.5, 0.6) is 0 Å². The number of sulfonamides is 1. The molecule has 2 aromatic heterocycles. The number of aromatic amines is 1. The molecule has 0 spiro atoms. The number of aryl methyl sites for hydroxylation is 1. The zero-order valence-corrected chi connectivity index (χ0v) is 11.0. The second kappa shape index (κ2) is 4.55. The van der Waals surface area contributed by atoms with Crippen molar-refractivity contribution in [1.82, 2.24) is 19.9 Å². The average molecular weight is 272 g/mol. The van der Waals surface area contributed by atoms with Gasteiger partial charge in [-0.05, 0) is 19.9 Å². The van der Waals surface area contributed by atoms with Gasteiger partial charge >= 0.3 is 0 Å². The van der Waals surface area contributed by atoms with Crippen LogP contribution in [0.25, 0.3) is 0 Å². The minimum Gasteiger partial charge on any atom is -0.266 e. The lowest BCUT2D eigenvalue weighted by molar-refractivity contribution is 0.562. The van der Waals surface area contributed by atoms with Crippen LogP contribution in [0.2, 0.25) is 0 Å². The van der Waals surface area contributed by atoms with Gasteiger partial charge in [-0.1, -0.05) is 0 Å². The zero-order chi connectivity index (χ0) is 12.5. The van der Waals surface area contributed by atoms with E-state index in [0.29, 0.717) is 0 Å². The highest BCUT2D eigenvalue weighted by atomic mass is 32.2. The Morgan fingerprint density at radius 2 is 2.29 bits per heavy atom. The summed E-state index contributed by atoms with van der Waals surface area (Å²) in [6, 6.07) is 1.05. The standard InChI is InChI=1S/C9H12N4O2S2/c1-6-5-16-9(11-6)7(2)13-17(14,15)8-3-4-10-12-8/h3-5,7,13H,1-2H3,(H,10,12). The van der Waals surface area contributed by atoms with E-state index in [1.54, 1.807) is 6.92 Å². The number of thiazole rings is 1. The van der Waals surface area contributed by atoms with Crippen molar-refractivity contribution in [1.29, 1.82) is 0 Å². The van der Waals surface area contributed by atoms with Crippen molar-refractivity contribution >= 4 is 21.4 Å². The first-order valence-electron chi connectivity index (χ1n) is 4.93. The van der Waals surface area contributed by atoms with E-state index < -0.39 is 10.0 Å². The highest BCUT2D eigenvalue weighted by Gasteiger charge is 2.20. The molecule has 0 bridgehead atoms. The first-order chi connectivity index (χ1) is 7.99.